The van der Waals surface area contributed by atoms with Gasteiger partial charge in [-0.3, -0.25) is 4.90 Å². The normalized spacial score (nSPS) is 24.0. The molecular weight excluding hydrogens is 356 g/mol. The highest BCUT2D eigenvalue weighted by atomic mass is 16.7. The van der Waals surface area contributed by atoms with Gasteiger partial charge < -0.3 is 18.9 Å². The van der Waals surface area contributed by atoms with E-state index in [-0.39, 0.29) is 18.9 Å². The maximum absolute atomic E-state index is 9.94. The molecule has 4 rings (SSSR count). The number of hydrogen-bond donors (Lipinski definition) is 0. The summed E-state index contributed by atoms with van der Waals surface area (Å²) >= 11 is 0. The van der Waals surface area contributed by atoms with Crippen molar-refractivity contribution in [2.45, 2.75) is 37.8 Å². The van der Waals surface area contributed by atoms with Gasteiger partial charge in [-0.25, -0.2) is 0 Å². The SMILES string of the molecule is CN([C@@H](C#N)c1ccc2c(c1)OCO2)[C@H]1COC(C)(C)O[C@H]1c1ccccc1. The number of likely N-dealkylation sites (N-methyl/N-ethyl adjacent to an activating group) is 1. The summed E-state index contributed by atoms with van der Waals surface area (Å²) in [6, 6.07) is 17.5. The lowest BCUT2D eigenvalue weighted by atomic mass is 9.96. The molecule has 0 saturated carbocycles. The van der Waals surface area contributed by atoms with E-state index in [0.29, 0.717) is 18.1 Å². The van der Waals surface area contributed by atoms with Crippen LogP contribution in [-0.2, 0) is 9.47 Å². The van der Waals surface area contributed by atoms with Crippen LogP contribution >= 0.6 is 0 Å². The second-order valence-corrected chi connectivity index (χ2v) is 7.54. The number of fused-ring (bicyclic) bond motifs is 1. The fraction of sp³-hybridized carbons (Fsp3) is 0.409. The average Bonchev–Trinajstić information content (AvgIpc) is 3.16. The first kappa shape index (κ1) is 18.8. The van der Waals surface area contributed by atoms with Crippen molar-refractivity contribution in [3.05, 3.63) is 59.7 Å². The van der Waals surface area contributed by atoms with Crippen LogP contribution in [0.2, 0.25) is 0 Å². The molecule has 0 unspecified atom stereocenters. The Labute approximate surface area is 165 Å². The molecular formula is C22H24N2O4. The molecule has 1 fully saturated rings. The van der Waals surface area contributed by atoms with Crippen LogP contribution in [0.5, 0.6) is 11.5 Å². The molecule has 0 spiro atoms. The predicted molar refractivity (Wildman–Crippen MR) is 103 cm³/mol. The van der Waals surface area contributed by atoms with Crippen molar-refractivity contribution < 1.29 is 18.9 Å². The molecule has 146 valence electrons. The number of ether oxygens (including phenoxy) is 4. The molecule has 2 aliphatic rings. The van der Waals surface area contributed by atoms with Gasteiger partial charge >= 0.3 is 0 Å². The number of rotatable bonds is 4. The van der Waals surface area contributed by atoms with Gasteiger partial charge in [0.15, 0.2) is 17.3 Å². The summed E-state index contributed by atoms with van der Waals surface area (Å²) < 4.78 is 23.1. The Morgan fingerprint density at radius 1 is 1.11 bits per heavy atom. The summed E-state index contributed by atoms with van der Waals surface area (Å²) in [6.07, 6.45) is -0.209. The molecule has 1 saturated heterocycles. The number of nitriles is 1. The molecule has 6 heteroatoms. The summed E-state index contributed by atoms with van der Waals surface area (Å²) in [4.78, 5) is 2.02. The van der Waals surface area contributed by atoms with E-state index in [1.807, 2.05) is 62.2 Å². The second-order valence-electron chi connectivity index (χ2n) is 7.54. The van der Waals surface area contributed by atoms with Gasteiger partial charge in [0.05, 0.1) is 18.7 Å². The minimum atomic E-state index is -0.682. The Bertz CT molecular complexity index is 878. The van der Waals surface area contributed by atoms with E-state index in [2.05, 4.69) is 18.2 Å². The van der Waals surface area contributed by atoms with Gasteiger partial charge in [-0.15, -0.1) is 0 Å². The minimum Gasteiger partial charge on any atom is -0.454 e. The topological polar surface area (TPSA) is 64.0 Å². The lowest BCUT2D eigenvalue weighted by molar-refractivity contribution is -0.297. The molecule has 6 nitrogen and oxygen atoms in total. The molecule has 0 bridgehead atoms. The van der Waals surface area contributed by atoms with Crippen LogP contribution in [0.4, 0.5) is 0 Å². The van der Waals surface area contributed by atoms with Gasteiger partial charge in [0.2, 0.25) is 6.79 Å². The lowest BCUT2D eigenvalue weighted by Crippen LogP contribution is -2.51. The monoisotopic (exact) mass is 380 g/mol. The zero-order valence-electron chi connectivity index (χ0n) is 16.3. The van der Waals surface area contributed by atoms with E-state index in [1.165, 1.54) is 0 Å². The van der Waals surface area contributed by atoms with Crippen molar-refractivity contribution in [2.75, 3.05) is 20.4 Å². The Morgan fingerprint density at radius 3 is 2.61 bits per heavy atom. The van der Waals surface area contributed by atoms with E-state index in [1.54, 1.807) is 0 Å². The Morgan fingerprint density at radius 2 is 1.86 bits per heavy atom. The molecule has 2 aromatic rings. The maximum Gasteiger partial charge on any atom is 0.231 e. The van der Waals surface area contributed by atoms with Crippen LogP contribution in [0.25, 0.3) is 0 Å². The first-order chi connectivity index (χ1) is 13.5. The fourth-order valence-electron chi connectivity index (χ4n) is 3.73. The summed E-state index contributed by atoms with van der Waals surface area (Å²) in [5.74, 6) is 0.693. The average molecular weight is 380 g/mol. The highest BCUT2D eigenvalue weighted by molar-refractivity contribution is 5.46. The molecule has 0 aliphatic carbocycles. The second kappa shape index (κ2) is 7.44. The van der Waals surface area contributed by atoms with Crippen molar-refractivity contribution in [2.24, 2.45) is 0 Å². The molecule has 2 aliphatic heterocycles. The lowest BCUT2D eigenvalue weighted by Gasteiger charge is -2.45. The molecule has 0 radical (unpaired) electrons. The van der Waals surface area contributed by atoms with E-state index in [0.717, 1.165) is 11.1 Å². The van der Waals surface area contributed by atoms with Gasteiger partial charge in [-0.05, 0) is 44.2 Å². The predicted octanol–water partition coefficient (Wildman–Crippen LogP) is 3.80. The third-order valence-corrected chi connectivity index (χ3v) is 5.26. The van der Waals surface area contributed by atoms with Gasteiger partial charge in [0.1, 0.15) is 12.1 Å². The standard InChI is InChI=1S/C22H24N2O4/c1-22(2)27-13-18(21(28-22)15-7-5-4-6-8-15)24(3)17(12-23)16-9-10-19-20(11-16)26-14-25-19/h4-11,17-18,21H,13-14H2,1-3H3/t17-,18-,21-/m0/s1. The summed E-state index contributed by atoms with van der Waals surface area (Å²) in [5, 5.41) is 9.94. The molecule has 2 heterocycles. The van der Waals surface area contributed by atoms with Crippen molar-refractivity contribution >= 4 is 0 Å². The third kappa shape index (κ3) is 3.57. The van der Waals surface area contributed by atoms with Crippen LogP contribution < -0.4 is 9.47 Å². The van der Waals surface area contributed by atoms with Crippen molar-refractivity contribution in [1.82, 2.24) is 4.90 Å². The summed E-state index contributed by atoms with van der Waals surface area (Å²) in [5.41, 5.74) is 1.92. The maximum atomic E-state index is 9.94. The van der Waals surface area contributed by atoms with Crippen LogP contribution in [-0.4, -0.2) is 37.2 Å². The number of nitrogens with zero attached hydrogens (tertiary/aromatic N) is 2. The van der Waals surface area contributed by atoms with Crippen molar-refractivity contribution in [1.29, 1.82) is 5.26 Å². The van der Waals surface area contributed by atoms with E-state index < -0.39 is 11.8 Å². The molecule has 0 N–H and O–H groups in total. The smallest absolute Gasteiger partial charge is 0.231 e. The quantitative estimate of drug-likeness (QED) is 0.804. The first-order valence-corrected chi connectivity index (χ1v) is 9.36. The van der Waals surface area contributed by atoms with Crippen LogP contribution in [0.1, 0.15) is 37.1 Å². The third-order valence-electron chi connectivity index (χ3n) is 5.26. The molecule has 0 amide bonds. The van der Waals surface area contributed by atoms with Crippen LogP contribution in [0, 0.1) is 11.3 Å². The minimum absolute atomic E-state index is 0.120. The molecule has 3 atom stereocenters. The van der Waals surface area contributed by atoms with E-state index >= 15 is 0 Å². The van der Waals surface area contributed by atoms with Crippen LogP contribution in [0.15, 0.2) is 48.5 Å². The Kier molecular flexibility index (Phi) is 4.98. The highest BCUT2D eigenvalue weighted by Gasteiger charge is 2.41. The van der Waals surface area contributed by atoms with Gasteiger partial charge in [0, 0.05) is 0 Å². The largest absolute Gasteiger partial charge is 0.454 e. The van der Waals surface area contributed by atoms with Crippen molar-refractivity contribution in [3.63, 3.8) is 0 Å². The zero-order chi connectivity index (χ0) is 19.7. The molecule has 2 aromatic carbocycles. The highest BCUT2D eigenvalue weighted by Crippen LogP contribution is 2.39. The zero-order valence-corrected chi connectivity index (χ0v) is 16.3. The van der Waals surface area contributed by atoms with Gasteiger partial charge in [0.25, 0.3) is 0 Å². The number of benzene rings is 2. The molecule has 28 heavy (non-hydrogen) atoms. The fourth-order valence-corrected chi connectivity index (χ4v) is 3.73. The van der Waals surface area contributed by atoms with Gasteiger partial charge in [-0.2, -0.15) is 5.26 Å². The molecule has 0 aromatic heterocycles. The Hall–Kier alpha value is -2.59. The van der Waals surface area contributed by atoms with E-state index in [9.17, 15) is 5.26 Å². The van der Waals surface area contributed by atoms with E-state index in [4.69, 9.17) is 18.9 Å². The number of hydrogen-bond acceptors (Lipinski definition) is 6. The Balaban J connectivity index is 1.64. The summed E-state index contributed by atoms with van der Waals surface area (Å²) in [7, 11) is 1.93. The van der Waals surface area contributed by atoms with Crippen molar-refractivity contribution in [3.8, 4) is 17.6 Å². The first-order valence-electron chi connectivity index (χ1n) is 9.36. The van der Waals surface area contributed by atoms with Crippen LogP contribution in [0.3, 0.4) is 0 Å². The summed E-state index contributed by atoms with van der Waals surface area (Å²) in [6.45, 7) is 4.50. The van der Waals surface area contributed by atoms with Gasteiger partial charge in [-0.1, -0.05) is 36.4 Å².